The van der Waals surface area contributed by atoms with Crippen molar-refractivity contribution in [2.75, 3.05) is 13.7 Å². The first-order chi connectivity index (χ1) is 26.3. The van der Waals surface area contributed by atoms with Crippen molar-refractivity contribution in [3.05, 3.63) is 90.1 Å². The van der Waals surface area contributed by atoms with E-state index in [-0.39, 0.29) is 47.3 Å². The molecule has 0 aromatic carbocycles. The summed E-state index contributed by atoms with van der Waals surface area (Å²) in [6, 6.07) is 0. The molecule has 8 bridgehead atoms. The van der Waals surface area contributed by atoms with Crippen LogP contribution in [0.2, 0.25) is 0 Å². The number of ether oxygens (including phenoxy) is 2. The summed E-state index contributed by atoms with van der Waals surface area (Å²) in [5, 5.41) is 6.23. The van der Waals surface area contributed by atoms with Gasteiger partial charge in [0.25, 0.3) is 0 Å². The molecule has 1 saturated heterocycles. The molecule has 3 aliphatic rings. The molecule has 0 amide bonds. The van der Waals surface area contributed by atoms with Gasteiger partial charge in [0.05, 0.1) is 13.7 Å². The Morgan fingerprint density at radius 3 is 2.32 bits per heavy atom. The van der Waals surface area contributed by atoms with Gasteiger partial charge >= 0.3 is 35.0 Å². The molecule has 0 radical (unpaired) electrons. The Morgan fingerprint density at radius 1 is 0.946 bits per heavy atom. The van der Waals surface area contributed by atoms with Gasteiger partial charge in [-0.05, 0) is 62.3 Å². The molecule has 2 aliphatic heterocycles. The summed E-state index contributed by atoms with van der Waals surface area (Å²) >= 11 is 0. The van der Waals surface area contributed by atoms with Crippen LogP contribution in [0.3, 0.4) is 0 Å². The van der Waals surface area contributed by atoms with E-state index in [9.17, 15) is 19.2 Å². The van der Waals surface area contributed by atoms with Crippen molar-refractivity contribution in [3.8, 4) is 0 Å². The number of allylic oxidation sites excluding steroid dienone is 2. The standard InChI is InChI=1S/C45H53N4O6.Mg/c1-10-28-25(6)32-19-33-26(7)30(15-16-38(51)55-18-17-24(5)14-12-13-23(3)4)42(48-33)40-41(45(53)54-9)44(52)39-27(8)34(49-43(39)40)20-36-29(11-2)31(22-50)37(47-36)21-35(28)46-32;/h10,19-24,26,30,41H,1,11-18H2,2-9H3,(H-,48,49,50,52);/q-3;+2/p-1/b33-19-,37-21-;/t24?,26-,30-,41+;/m0./s1. The van der Waals surface area contributed by atoms with E-state index in [0.29, 0.717) is 98.4 Å². The number of aromatic nitrogens is 3. The summed E-state index contributed by atoms with van der Waals surface area (Å²) in [6.07, 6.45) is 13.4. The first-order valence-electron chi connectivity index (χ1n) is 19.6. The van der Waals surface area contributed by atoms with Gasteiger partial charge in [-0.1, -0.05) is 107 Å². The molecule has 1 fully saturated rings. The van der Waals surface area contributed by atoms with Gasteiger partial charge in [-0.2, -0.15) is 11.4 Å². The number of hydrogen-bond acceptors (Lipinski definition) is 6. The summed E-state index contributed by atoms with van der Waals surface area (Å²) in [4.78, 5) is 68.3. The van der Waals surface area contributed by atoms with Crippen molar-refractivity contribution in [3.63, 3.8) is 0 Å². The van der Waals surface area contributed by atoms with E-state index in [1.54, 1.807) is 19.1 Å². The molecule has 1 aliphatic carbocycles. The minimum absolute atomic E-state index is 0. The Hall–Kier alpha value is -4.35. The van der Waals surface area contributed by atoms with Crippen LogP contribution in [-0.4, -0.2) is 60.8 Å². The molecule has 1 unspecified atom stereocenters. The molecule has 0 saturated carbocycles. The van der Waals surface area contributed by atoms with Crippen molar-refractivity contribution in [2.45, 2.75) is 93.4 Å². The van der Waals surface area contributed by atoms with E-state index in [1.807, 2.05) is 32.9 Å². The number of nitrogens with zero attached hydrogens (tertiary/aromatic N) is 4. The fourth-order valence-corrected chi connectivity index (χ4v) is 8.34. The van der Waals surface area contributed by atoms with E-state index in [0.717, 1.165) is 42.2 Å². The molecule has 3 aromatic heterocycles. The number of Topliss-reactive ketones (excluding diaryl/α,β-unsaturated/α-hetero) is 1. The average Bonchev–Trinajstić information content (AvgIpc) is 3.90. The molecule has 3 aromatic rings. The number of rotatable bonds is 14. The summed E-state index contributed by atoms with van der Waals surface area (Å²) < 4.78 is 10.9. The second-order valence-electron chi connectivity index (χ2n) is 15.7. The van der Waals surface area contributed by atoms with Crippen LogP contribution in [0.5, 0.6) is 0 Å². The third-order valence-electron chi connectivity index (χ3n) is 11.6. The van der Waals surface area contributed by atoms with Gasteiger partial charge in [-0.3, -0.25) is 19.2 Å². The molecule has 0 N–H and O–H groups in total. The number of carbonyl (C=O) groups is 4. The maximum Gasteiger partial charge on any atom is 2.00 e. The fraction of sp³-hybridized carbons (Fsp3) is 0.467. The zero-order chi connectivity index (χ0) is 39.7. The number of hydrogen-bond donors (Lipinski definition) is 0. The Kier molecular flexibility index (Phi) is 13.6. The monoisotopic (exact) mass is 768 g/mol. The third kappa shape index (κ3) is 8.07. The van der Waals surface area contributed by atoms with E-state index in [2.05, 4.69) is 27.4 Å². The van der Waals surface area contributed by atoms with Gasteiger partial charge in [-0.15, -0.1) is 33.5 Å². The Labute approximate surface area is 345 Å². The minimum atomic E-state index is -1.25. The Morgan fingerprint density at radius 2 is 1.66 bits per heavy atom. The van der Waals surface area contributed by atoms with E-state index < -0.39 is 17.7 Å². The third-order valence-corrected chi connectivity index (χ3v) is 11.6. The second-order valence-corrected chi connectivity index (χ2v) is 15.7. The van der Waals surface area contributed by atoms with Crippen LogP contribution in [0.25, 0.3) is 35.2 Å². The van der Waals surface area contributed by atoms with Gasteiger partial charge in [0.15, 0.2) is 5.78 Å². The first-order valence-corrected chi connectivity index (χ1v) is 19.6. The van der Waals surface area contributed by atoms with E-state index in [1.165, 1.54) is 13.5 Å². The van der Waals surface area contributed by atoms with Crippen LogP contribution < -0.4 is 25.7 Å². The molecule has 10 nitrogen and oxygen atoms in total. The number of aldehydes is 1. The smallest absolute Gasteiger partial charge is 0.664 e. The molecular formula is C45H52MgN4O6-2. The zero-order valence-corrected chi connectivity index (χ0v) is 35.5. The van der Waals surface area contributed by atoms with Crippen LogP contribution in [0, 0.1) is 43.4 Å². The molecule has 6 rings (SSSR count). The predicted octanol–water partition coefficient (Wildman–Crippen LogP) is 6.34. The largest absolute Gasteiger partial charge is 2.00 e. The predicted molar refractivity (Wildman–Crippen MR) is 219 cm³/mol. The molecular weight excluding hydrogens is 717 g/mol. The van der Waals surface area contributed by atoms with Crippen molar-refractivity contribution in [2.24, 2.45) is 29.6 Å². The molecule has 4 atom stereocenters. The number of methoxy groups -OCH3 is 1. The second kappa shape index (κ2) is 17.8. The SMILES string of the molecule is C=Cc1c2[n-]c(c1C)/C=C1\[N-]/C(=C3\c4[n-]c(c(C)c4C(=O)[C@@H]3C(=O)OC)/C=c3\[n-]/c(c(C=O)c3CC)=C\2)[C@@H](CCC(=O)OCCC(C)CCCC(C)C)[C@@H]1C.[Mg+2]. The van der Waals surface area contributed by atoms with Crippen LogP contribution in [0.15, 0.2) is 18.0 Å². The number of ketones is 1. The normalized spacial score (nSPS) is 22.2. The van der Waals surface area contributed by atoms with Crippen molar-refractivity contribution >= 4 is 76.9 Å². The Bertz CT molecular complexity index is 2230. The van der Waals surface area contributed by atoms with E-state index >= 15 is 0 Å². The van der Waals surface area contributed by atoms with Crippen molar-refractivity contribution < 1.29 is 28.7 Å². The molecule has 11 heteroatoms. The van der Waals surface area contributed by atoms with E-state index in [4.69, 9.17) is 29.7 Å². The number of carbonyl (C=O) groups excluding carboxylic acids is 4. The van der Waals surface area contributed by atoms with Crippen LogP contribution in [0.1, 0.15) is 139 Å². The fourth-order valence-electron chi connectivity index (χ4n) is 8.34. The summed E-state index contributed by atoms with van der Waals surface area (Å²) in [5.41, 5.74) is 7.69. The van der Waals surface area contributed by atoms with Gasteiger partial charge < -0.3 is 29.7 Å². The summed E-state index contributed by atoms with van der Waals surface area (Å²) in [6.45, 7) is 18.8. The Balaban J connectivity index is 0.00000600. The average molecular weight is 769 g/mol. The molecule has 0 spiro atoms. The molecule has 56 heavy (non-hydrogen) atoms. The van der Waals surface area contributed by atoms with Crippen LogP contribution in [-0.2, 0) is 25.5 Å². The van der Waals surface area contributed by atoms with Gasteiger partial charge in [0.1, 0.15) is 12.2 Å². The van der Waals surface area contributed by atoms with Crippen LogP contribution in [0.4, 0.5) is 0 Å². The van der Waals surface area contributed by atoms with Crippen LogP contribution >= 0.6 is 0 Å². The maximum atomic E-state index is 14.3. The van der Waals surface area contributed by atoms with Gasteiger partial charge in [0, 0.05) is 17.5 Å². The number of esters is 2. The van der Waals surface area contributed by atoms with Gasteiger partial charge in [0.2, 0.25) is 0 Å². The first kappa shape index (κ1) is 42.8. The molecule has 5 heterocycles. The minimum Gasteiger partial charge on any atom is -0.664 e. The topological polar surface area (TPSA) is 143 Å². The zero-order valence-electron chi connectivity index (χ0n) is 34.1. The number of fused-ring (bicyclic) bond motifs is 7. The maximum absolute atomic E-state index is 14.3. The van der Waals surface area contributed by atoms with Crippen molar-refractivity contribution in [1.82, 2.24) is 15.0 Å². The molecule has 292 valence electrons. The summed E-state index contributed by atoms with van der Waals surface area (Å²) in [5.74, 6) is -2.05. The van der Waals surface area contributed by atoms with Crippen molar-refractivity contribution in [1.29, 1.82) is 0 Å². The summed E-state index contributed by atoms with van der Waals surface area (Å²) in [7, 11) is 1.27. The quantitative estimate of drug-likeness (QED) is 0.0795. The van der Waals surface area contributed by atoms with Gasteiger partial charge in [-0.25, -0.2) is 0 Å².